The van der Waals surface area contributed by atoms with E-state index in [9.17, 15) is 0 Å². The third-order valence-electron chi connectivity index (χ3n) is 3.44. The number of rotatable bonds is 2. The summed E-state index contributed by atoms with van der Waals surface area (Å²) in [6, 6.07) is 12.4. The molecule has 2 aromatic carbocycles. The first-order chi connectivity index (χ1) is 9.13. The van der Waals surface area contributed by atoms with Gasteiger partial charge in [0.2, 0.25) is 0 Å². The zero-order valence-electron chi connectivity index (χ0n) is 10.1. The number of hydrogen-bond acceptors (Lipinski definition) is 1. The predicted octanol–water partition coefficient (Wildman–Crippen LogP) is 5.86. The smallest absolute Gasteiger partial charge is 0.0549 e. The summed E-state index contributed by atoms with van der Waals surface area (Å²) in [5.41, 5.74) is 3.76. The Morgan fingerprint density at radius 2 is 1.95 bits per heavy atom. The highest BCUT2D eigenvalue weighted by molar-refractivity contribution is 9.10. The van der Waals surface area contributed by atoms with E-state index in [1.54, 1.807) is 0 Å². The molecule has 0 saturated heterocycles. The van der Waals surface area contributed by atoms with Crippen LogP contribution in [-0.4, -0.2) is 0 Å². The number of fused-ring (bicyclic) bond motifs is 1. The first-order valence-electron chi connectivity index (χ1n) is 6.13. The van der Waals surface area contributed by atoms with Crippen LogP contribution >= 0.6 is 39.1 Å². The fourth-order valence-electron chi connectivity index (χ4n) is 2.52. The van der Waals surface area contributed by atoms with E-state index in [4.69, 9.17) is 23.2 Å². The van der Waals surface area contributed by atoms with E-state index < -0.39 is 0 Å². The fourth-order valence-corrected chi connectivity index (χ4v) is 3.21. The topological polar surface area (TPSA) is 12.0 Å². The largest absolute Gasteiger partial charge is 0.378 e. The highest BCUT2D eigenvalue weighted by Gasteiger charge is 2.22. The number of anilines is 1. The van der Waals surface area contributed by atoms with Crippen LogP contribution in [0.5, 0.6) is 0 Å². The van der Waals surface area contributed by atoms with Crippen molar-refractivity contribution >= 4 is 44.8 Å². The molecule has 0 aromatic heterocycles. The highest BCUT2D eigenvalue weighted by Crippen LogP contribution is 2.36. The van der Waals surface area contributed by atoms with Gasteiger partial charge in [-0.15, -0.1) is 0 Å². The molecule has 98 valence electrons. The van der Waals surface area contributed by atoms with Crippen molar-refractivity contribution in [3.63, 3.8) is 0 Å². The number of hydrogen-bond donors (Lipinski definition) is 1. The SMILES string of the molecule is Clc1ccc2c(c1)CCC2Nc1ccc(Cl)c(Br)c1. The molecule has 0 fully saturated rings. The Hall–Kier alpha value is -0.700. The van der Waals surface area contributed by atoms with Gasteiger partial charge in [0.15, 0.2) is 0 Å². The van der Waals surface area contributed by atoms with Gasteiger partial charge in [0, 0.05) is 15.2 Å². The van der Waals surface area contributed by atoms with Crippen LogP contribution in [0, 0.1) is 0 Å². The van der Waals surface area contributed by atoms with Crippen LogP contribution in [-0.2, 0) is 6.42 Å². The lowest BCUT2D eigenvalue weighted by molar-refractivity contribution is 0.762. The van der Waals surface area contributed by atoms with Gasteiger partial charge in [-0.3, -0.25) is 0 Å². The van der Waals surface area contributed by atoms with Crippen molar-refractivity contribution in [1.82, 2.24) is 0 Å². The molecule has 0 spiro atoms. The second-order valence-corrected chi connectivity index (χ2v) is 6.41. The van der Waals surface area contributed by atoms with Crippen molar-refractivity contribution in [1.29, 1.82) is 0 Å². The molecular weight excluding hydrogens is 345 g/mol. The van der Waals surface area contributed by atoms with Crippen molar-refractivity contribution < 1.29 is 0 Å². The number of nitrogens with one attached hydrogen (secondary N) is 1. The van der Waals surface area contributed by atoms with Crippen LogP contribution in [0.25, 0.3) is 0 Å². The average molecular weight is 357 g/mol. The second-order valence-electron chi connectivity index (χ2n) is 4.71. The molecule has 0 heterocycles. The molecule has 0 saturated carbocycles. The van der Waals surface area contributed by atoms with E-state index in [1.165, 1.54) is 11.1 Å². The van der Waals surface area contributed by atoms with E-state index in [1.807, 2.05) is 24.3 Å². The zero-order valence-corrected chi connectivity index (χ0v) is 13.2. The van der Waals surface area contributed by atoms with Crippen molar-refractivity contribution in [2.45, 2.75) is 18.9 Å². The molecule has 1 aliphatic rings. The maximum absolute atomic E-state index is 6.03. The third-order valence-corrected chi connectivity index (χ3v) is 4.89. The summed E-state index contributed by atoms with van der Waals surface area (Å²) in [5.74, 6) is 0. The molecule has 1 aliphatic carbocycles. The summed E-state index contributed by atoms with van der Waals surface area (Å²) < 4.78 is 0.911. The zero-order chi connectivity index (χ0) is 13.4. The summed E-state index contributed by atoms with van der Waals surface area (Å²) in [6.45, 7) is 0. The molecule has 1 atom stereocenters. The third kappa shape index (κ3) is 2.76. The molecule has 19 heavy (non-hydrogen) atoms. The molecule has 0 radical (unpaired) electrons. The highest BCUT2D eigenvalue weighted by atomic mass is 79.9. The number of aryl methyl sites for hydroxylation is 1. The van der Waals surface area contributed by atoms with E-state index in [2.05, 4.69) is 33.4 Å². The Morgan fingerprint density at radius 3 is 2.74 bits per heavy atom. The normalized spacial score (nSPS) is 17.3. The van der Waals surface area contributed by atoms with Gasteiger partial charge in [-0.25, -0.2) is 0 Å². The molecule has 0 amide bonds. The maximum Gasteiger partial charge on any atom is 0.0549 e. The Labute approximate surface area is 131 Å². The van der Waals surface area contributed by atoms with E-state index in [-0.39, 0.29) is 0 Å². The summed E-state index contributed by atoms with van der Waals surface area (Å²) in [4.78, 5) is 0. The first-order valence-corrected chi connectivity index (χ1v) is 7.68. The minimum absolute atomic E-state index is 0.348. The lowest BCUT2D eigenvalue weighted by Gasteiger charge is -2.16. The van der Waals surface area contributed by atoms with Gasteiger partial charge in [0.25, 0.3) is 0 Å². The summed E-state index contributed by atoms with van der Waals surface area (Å²) in [7, 11) is 0. The van der Waals surface area contributed by atoms with Gasteiger partial charge in [-0.1, -0.05) is 29.3 Å². The summed E-state index contributed by atoms with van der Waals surface area (Å²) in [5, 5.41) is 5.09. The van der Waals surface area contributed by atoms with Crippen LogP contribution in [0.3, 0.4) is 0 Å². The maximum atomic E-state index is 6.03. The molecule has 1 unspecified atom stereocenters. The van der Waals surface area contributed by atoms with Crippen molar-refractivity contribution in [2.75, 3.05) is 5.32 Å². The molecule has 0 bridgehead atoms. The number of benzene rings is 2. The van der Waals surface area contributed by atoms with Gasteiger partial charge < -0.3 is 5.32 Å². The molecule has 3 rings (SSSR count). The van der Waals surface area contributed by atoms with Gasteiger partial charge in [-0.2, -0.15) is 0 Å². The second kappa shape index (κ2) is 5.35. The Kier molecular flexibility index (Phi) is 3.75. The van der Waals surface area contributed by atoms with Gasteiger partial charge >= 0.3 is 0 Å². The summed E-state index contributed by atoms with van der Waals surface area (Å²) in [6.07, 6.45) is 2.16. The Morgan fingerprint density at radius 1 is 1.11 bits per heavy atom. The lowest BCUT2D eigenvalue weighted by Crippen LogP contribution is -2.06. The Bertz CT molecular complexity index is 628. The van der Waals surface area contributed by atoms with Crippen LogP contribution in [0.15, 0.2) is 40.9 Å². The minimum Gasteiger partial charge on any atom is -0.378 e. The molecule has 1 N–H and O–H groups in total. The average Bonchev–Trinajstić information content (AvgIpc) is 2.76. The number of halogens is 3. The van der Waals surface area contributed by atoms with Crippen molar-refractivity contribution in [3.05, 3.63) is 62.0 Å². The van der Waals surface area contributed by atoms with Crippen LogP contribution in [0.4, 0.5) is 5.69 Å². The molecule has 1 nitrogen and oxygen atoms in total. The van der Waals surface area contributed by atoms with Gasteiger partial charge in [0.1, 0.15) is 0 Å². The molecule has 2 aromatic rings. The molecular formula is C15H12BrCl2N. The van der Waals surface area contributed by atoms with Crippen LogP contribution < -0.4 is 5.32 Å². The fraction of sp³-hybridized carbons (Fsp3) is 0.200. The van der Waals surface area contributed by atoms with Gasteiger partial charge in [-0.05, 0) is 70.2 Å². The minimum atomic E-state index is 0.348. The van der Waals surface area contributed by atoms with Gasteiger partial charge in [0.05, 0.1) is 11.1 Å². The van der Waals surface area contributed by atoms with Crippen molar-refractivity contribution in [3.8, 4) is 0 Å². The molecule has 4 heteroatoms. The first kappa shape index (κ1) is 13.3. The van der Waals surface area contributed by atoms with E-state index in [0.717, 1.165) is 33.0 Å². The predicted molar refractivity (Wildman–Crippen MR) is 85.3 cm³/mol. The molecule has 0 aliphatic heterocycles. The lowest BCUT2D eigenvalue weighted by atomic mass is 10.1. The van der Waals surface area contributed by atoms with Crippen molar-refractivity contribution in [2.24, 2.45) is 0 Å². The van der Waals surface area contributed by atoms with Crippen LogP contribution in [0.2, 0.25) is 10.0 Å². The quantitative estimate of drug-likeness (QED) is 0.711. The summed E-state index contributed by atoms with van der Waals surface area (Å²) >= 11 is 15.5. The van der Waals surface area contributed by atoms with E-state index in [0.29, 0.717) is 6.04 Å². The standard InChI is InChI=1S/C15H12BrCl2N/c16-13-8-11(3-5-14(13)18)19-15-6-1-9-7-10(17)2-4-12(9)15/h2-5,7-8,15,19H,1,6H2. The van der Waals surface area contributed by atoms with E-state index >= 15 is 0 Å². The Balaban J connectivity index is 1.84. The van der Waals surface area contributed by atoms with Crippen LogP contribution in [0.1, 0.15) is 23.6 Å². The monoisotopic (exact) mass is 355 g/mol.